The van der Waals surface area contributed by atoms with Gasteiger partial charge in [0.15, 0.2) is 12.6 Å². The quantitative estimate of drug-likeness (QED) is 0.631. The van der Waals surface area contributed by atoms with Crippen LogP contribution in [0.3, 0.4) is 0 Å². The molecule has 0 aromatic heterocycles. The smallest absolute Gasteiger partial charge is 0.279 e. The zero-order valence-corrected chi connectivity index (χ0v) is 16.7. The average Bonchev–Trinajstić information content (AvgIpc) is 2.50. The number of likely N-dealkylation sites (N-methyl/N-ethyl adjacent to an activating group) is 1. The van der Waals surface area contributed by atoms with Gasteiger partial charge in [0.1, 0.15) is 19.6 Å². The van der Waals surface area contributed by atoms with Gasteiger partial charge in [0.2, 0.25) is 0 Å². The van der Waals surface area contributed by atoms with Crippen molar-refractivity contribution in [2.24, 2.45) is 5.92 Å². The van der Waals surface area contributed by atoms with Crippen molar-refractivity contribution in [3.8, 4) is 0 Å². The van der Waals surface area contributed by atoms with Crippen molar-refractivity contribution in [1.82, 2.24) is 0 Å². The van der Waals surface area contributed by atoms with E-state index in [1.165, 1.54) is 6.54 Å². The van der Waals surface area contributed by atoms with Gasteiger partial charge in [-0.15, -0.1) is 0 Å². The lowest BCUT2D eigenvalue weighted by molar-refractivity contribution is -0.926. The highest BCUT2D eigenvalue weighted by molar-refractivity contribution is 6.39. The van der Waals surface area contributed by atoms with E-state index >= 15 is 0 Å². The Bertz CT molecular complexity index is 563. The molecule has 1 aliphatic rings. The van der Waals surface area contributed by atoms with E-state index in [2.05, 4.69) is 19.2 Å². The van der Waals surface area contributed by atoms with Crippen LogP contribution in [0.4, 0.5) is 5.69 Å². The lowest BCUT2D eigenvalue weighted by Gasteiger charge is -2.31. The number of ether oxygens (including phenoxy) is 1. The Morgan fingerprint density at radius 2 is 2.08 bits per heavy atom. The first kappa shape index (κ1) is 20.5. The molecule has 2 rings (SSSR count). The van der Waals surface area contributed by atoms with E-state index in [1.807, 2.05) is 7.05 Å². The minimum Gasteiger partial charge on any atom is -0.361 e. The van der Waals surface area contributed by atoms with Crippen LogP contribution in [0, 0.1) is 5.92 Å². The third-order valence-electron chi connectivity index (χ3n) is 4.29. The summed E-state index contributed by atoms with van der Waals surface area (Å²) in [6.07, 6.45) is 0.194. The molecule has 1 aromatic carbocycles. The van der Waals surface area contributed by atoms with Crippen LogP contribution in [0.25, 0.3) is 0 Å². The molecule has 0 bridgehead atoms. The molecule has 1 heterocycles. The monoisotopic (exact) mass is 389 g/mol. The molecule has 0 radical (unpaired) electrons. The summed E-state index contributed by atoms with van der Waals surface area (Å²) in [5, 5.41) is 3.70. The van der Waals surface area contributed by atoms with Crippen molar-refractivity contribution in [3.63, 3.8) is 0 Å². The Morgan fingerprint density at radius 1 is 1.40 bits per heavy atom. The van der Waals surface area contributed by atoms with Crippen LogP contribution in [0.15, 0.2) is 18.2 Å². The summed E-state index contributed by atoms with van der Waals surface area (Å²) in [5.41, 5.74) is 0.477. The number of benzene rings is 1. The molecule has 1 saturated heterocycles. The summed E-state index contributed by atoms with van der Waals surface area (Å²) in [5.74, 6) is 0.583. The van der Waals surface area contributed by atoms with Gasteiger partial charge in [-0.05, 0) is 12.1 Å². The number of anilines is 1. The molecule has 25 heavy (non-hydrogen) atoms. The fraction of sp³-hybridized carbons (Fsp3) is 0.611. The Kier molecular flexibility index (Phi) is 7.97. The molecule has 0 saturated carbocycles. The van der Waals surface area contributed by atoms with E-state index in [4.69, 9.17) is 27.9 Å². The van der Waals surface area contributed by atoms with Crippen LogP contribution in [-0.4, -0.2) is 58.4 Å². The lowest BCUT2D eigenvalue weighted by Crippen LogP contribution is -3.18. The molecule has 1 amide bonds. The van der Waals surface area contributed by atoms with Crippen molar-refractivity contribution in [3.05, 3.63) is 28.2 Å². The molecule has 2 unspecified atom stereocenters. The molecular weight excluding hydrogens is 361 g/mol. The highest BCUT2D eigenvalue weighted by Gasteiger charge is 2.27. The zero-order chi connectivity index (χ0) is 18.4. The SMILES string of the molecule is CC(C)C[NH+]1CCO[C@@H](C[NH+](C)CC(=O)Nc2c(Cl)cccc2Cl)C1. The van der Waals surface area contributed by atoms with Crippen LogP contribution < -0.4 is 15.1 Å². The third-order valence-corrected chi connectivity index (χ3v) is 4.92. The molecule has 7 heteroatoms. The normalized spacial score (nSPS) is 22.0. The van der Waals surface area contributed by atoms with Gasteiger partial charge in [-0.3, -0.25) is 4.79 Å². The Morgan fingerprint density at radius 3 is 2.72 bits per heavy atom. The minimum atomic E-state index is -0.102. The first-order valence-corrected chi connectivity index (χ1v) is 9.61. The summed E-state index contributed by atoms with van der Waals surface area (Å²) in [6.45, 7) is 9.70. The zero-order valence-electron chi connectivity index (χ0n) is 15.2. The number of hydrogen-bond acceptors (Lipinski definition) is 2. The van der Waals surface area contributed by atoms with Crippen molar-refractivity contribution >= 4 is 34.8 Å². The molecule has 0 aliphatic carbocycles. The second-order valence-electron chi connectivity index (χ2n) is 7.28. The number of amides is 1. The maximum absolute atomic E-state index is 12.3. The van der Waals surface area contributed by atoms with E-state index < -0.39 is 0 Å². The van der Waals surface area contributed by atoms with E-state index in [0.717, 1.165) is 31.1 Å². The number of rotatable bonds is 7. The number of nitrogens with one attached hydrogen (secondary N) is 3. The molecule has 1 aromatic rings. The van der Waals surface area contributed by atoms with Gasteiger partial charge >= 0.3 is 0 Å². The first-order chi connectivity index (χ1) is 11.8. The topological polar surface area (TPSA) is 47.2 Å². The number of para-hydroxylation sites is 1. The van der Waals surface area contributed by atoms with Gasteiger partial charge in [0.25, 0.3) is 5.91 Å². The fourth-order valence-corrected chi connectivity index (χ4v) is 3.77. The third kappa shape index (κ3) is 6.76. The highest BCUT2D eigenvalue weighted by atomic mass is 35.5. The van der Waals surface area contributed by atoms with Crippen molar-refractivity contribution in [2.45, 2.75) is 20.0 Å². The van der Waals surface area contributed by atoms with E-state index in [-0.39, 0.29) is 12.0 Å². The van der Waals surface area contributed by atoms with Crippen LogP contribution in [0.1, 0.15) is 13.8 Å². The second kappa shape index (κ2) is 9.74. The Hall–Kier alpha value is -0.850. The van der Waals surface area contributed by atoms with Crippen LogP contribution in [-0.2, 0) is 9.53 Å². The molecule has 5 nitrogen and oxygen atoms in total. The summed E-state index contributed by atoms with van der Waals surface area (Å²) in [4.78, 5) is 15.0. The van der Waals surface area contributed by atoms with Gasteiger partial charge in [0, 0.05) is 5.92 Å². The number of morpholine rings is 1. The predicted molar refractivity (Wildman–Crippen MR) is 102 cm³/mol. The molecular formula is C18H29Cl2N3O2+2. The minimum absolute atomic E-state index is 0.102. The summed E-state index contributed by atoms with van der Waals surface area (Å²) < 4.78 is 5.88. The summed E-state index contributed by atoms with van der Waals surface area (Å²) in [6, 6.07) is 5.17. The number of hydrogen-bond donors (Lipinski definition) is 3. The number of carbonyl (C=O) groups is 1. The van der Waals surface area contributed by atoms with Gasteiger partial charge < -0.3 is 19.9 Å². The summed E-state index contributed by atoms with van der Waals surface area (Å²) >= 11 is 12.2. The first-order valence-electron chi connectivity index (χ1n) is 8.85. The van der Waals surface area contributed by atoms with Crippen molar-refractivity contribution in [1.29, 1.82) is 0 Å². The van der Waals surface area contributed by atoms with Crippen LogP contribution in [0.2, 0.25) is 10.0 Å². The van der Waals surface area contributed by atoms with Gasteiger partial charge in [-0.25, -0.2) is 0 Å². The van der Waals surface area contributed by atoms with Gasteiger partial charge in [-0.1, -0.05) is 43.1 Å². The number of carbonyl (C=O) groups excluding carboxylic acids is 1. The molecule has 3 N–H and O–H groups in total. The fourth-order valence-electron chi connectivity index (χ4n) is 3.28. The van der Waals surface area contributed by atoms with E-state index in [9.17, 15) is 4.79 Å². The Balaban J connectivity index is 1.81. The van der Waals surface area contributed by atoms with Gasteiger partial charge in [0.05, 0.1) is 35.9 Å². The van der Waals surface area contributed by atoms with Crippen LogP contribution in [0.5, 0.6) is 0 Å². The van der Waals surface area contributed by atoms with Gasteiger partial charge in [-0.2, -0.15) is 0 Å². The number of quaternary nitrogens is 2. The average molecular weight is 390 g/mol. The highest BCUT2D eigenvalue weighted by Crippen LogP contribution is 2.29. The van der Waals surface area contributed by atoms with E-state index in [1.54, 1.807) is 23.1 Å². The van der Waals surface area contributed by atoms with E-state index in [0.29, 0.717) is 28.2 Å². The molecule has 0 spiro atoms. The van der Waals surface area contributed by atoms with Crippen molar-refractivity contribution in [2.75, 3.05) is 51.7 Å². The Labute approximate surface area is 160 Å². The summed E-state index contributed by atoms with van der Waals surface area (Å²) in [7, 11) is 2.01. The van der Waals surface area contributed by atoms with Crippen molar-refractivity contribution < 1.29 is 19.3 Å². The standard InChI is InChI=1S/C18H27Cl2N3O2/c1-13(2)9-23-7-8-25-14(11-23)10-22(3)12-17(24)21-18-15(19)5-4-6-16(18)20/h4-6,13-14H,7-12H2,1-3H3,(H,21,24)/p+2/t14-/m0/s1. The maximum Gasteiger partial charge on any atom is 0.279 e. The lowest BCUT2D eigenvalue weighted by atomic mass is 10.1. The maximum atomic E-state index is 12.3. The number of halogens is 2. The molecule has 3 atom stereocenters. The molecule has 140 valence electrons. The molecule has 1 aliphatic heterocycles. The predicted octanol–water partition coefficient (Wildman–Crippen LogP) is 0.386. The van der Waals surface area contributed by atoms with Crippen LogP contribution >= 0.6 is 23.2 Å². The molecule has 1 fully saturated rings. The largest absolute Gasteiger partial charge is 0.361 e. The second-order valence-corrected chi connectivity index (χ2v) is 8.09.